The normalized spacial score (nSPS) is 15.0. The SMILES string of the molecule is CC(Oc1cc(-c2cnc3ccc(OCCCCN4CCOCC4)cn23)sc1C(N)=O)c1ccccc1Cl. The molecular weight excluding hydrogens is 524 g/mol. The molecule has 1 unspecified atom stereocenters. The molecule has 5 rings (SSSR count). The summed E-state index contributed by atoms with van der Waals surface area (Å²) in [6.07, 6.45) is 5.40. The Labute approximate surface area is 230 Å². The number of fused-ring (bicyclic) bond motifs is 1. The lowest BCUT2D eigenvalue weighted by Gasteiger charge is -2.26. The fraction of sp³-hybridized carbons (Fsp3) is 0.357. The van der Waals surface area contributed by atoms with Gasteiger partial charge in [0.2, 0.25) is 0 Å². The molecule has 0 bridgehead atoms. The van der Waals surface area contributed by atoms with Crippen molar-refractivity contribution in [3.63, 3.8) is 0 Å². The number of morpholine rings is 1. The minimum atomic E-state index is -0.544. The van der Waals surface area contributed by atoms with Crippen LogP contribution in [0.4, 0.5) is 0 Å². The van der Waals surface area contributed by atoms with Crippen molar-refractivity contribution in [2.24, 2.45) is 5.73 Å². The second-order valence-electron chi connectivity index (χ2n) is 9.20. The van der Waals surface area contributed by atoms with Crippen LogP contribution in [0.3, 0.4) is 0 Å². The predicted octanol–water partition coefficient (Wildman–Crippen LogP) is 5.45. The molecule has 0 spiro atoms. The number of carbonyl (C=O) groups excluding carboxylic acids is 1. The zero-order valence-electron chi connectivity index (χ0n) is 21.3. The summed E-state index contributed by atoms with van der Waals surface area (Å²) in [4.78, 5) is 20.4. The Bertz CT molecular complexity index is 1400. The molecule has 0 saturated carbocycles. The molecular formula is C28H31ClN4O4S. The number of ether oxygens (including phenoxy) is 3. The number of nitrogens with zero attached hydrogens (tertiary/aromatic N) is 3. The van der Waals surface area contributed by atoms with Crippen LogP contribution in [-0.2, 0) is 4.74 Å². The molecule has 3 aromatic heterocycles. The Hall–Kier alpha value is -3.11. The molecule has 4 aromatic rings. The summed E-state index contributed by atoms with van der Waals surface area (Å²) in [6, 6.07) is 13.2. The minimum absolute atomic E-state index is 0.349. The highest BCUT2D eigenvalue weighted by molar-refractivity contribution is 7.17. The van der Waals surface area contributed by atoms with Crippen molar-refractivity contribution in [1.82, 2.24) is 14.3 Å². The summed E-state index contributed by atoms with van der Waals surface area (Å²) < 4.78 is 19.6. The molecule has 1 fully saturated rings. The molecule has 2 N–H and O–H groups in total. The maximum Gasteiger partial charge on any atom is 0.262 e. The third-order valence-electron chi connectivity index (χ3n) is 6.54. The van der Waals surface area contributed by atoms with Gasteiger partial charge in [0.25, 0.3) is 5.91 Å². The van der Waals surface area contributed by atoms with Gasteiger partial charge in [-0.25, -0.2) is 4.98 Å². The van der Waals surface area contributed by atoms with Crippen molar-refractivity contribution >= 4 is 34.5 Å². The number of primary amides is 1. The number of rotatable bonds is 11. The van der Waals surface area contributed by atoms with Crippen LogP contribution in [0.5, 0.6) is 11.5 Å². The van der Waals surface area contributed by atoms with Gasteiger partial charge in [-0.05, 0) is 44.5 Å². The van der Waals surface area contributed by atoms with E-state index in [1.165, 1.54) is 11.3 Å². The molecule has 1 aromatic carbocycles. The molecule has 1 aliphatic heterocycles. The molecule has 8 nitrogen and oxygen atoms in total. The van der Waals surface area contributed by atoms with Gasteiger partial charge in [-0.3, -0.25) is 14.1 Å². The highest BCUT2D eigenvalue weighted by Crippen LogP contribution is 2.39. The summed E-state index contributed by atoms with van der Waals surface area (Å²) in [6.45, 7) is 7.26. The minimum Gasteiger partial charge on any atom is -0.492 e. The Morgan fingerprint density at radius 3 is 2.82 bits per heavy atom. The zero-order valence-corrected chi connectivity index (χ0v) is 22.8. The average Bonchev–Trinajstić information content (AvgIpc) is 3.53. The van der Waals surface area contributed by atoms with Crippen molar-refractivity contribution in [2.75, 3.05) is 39.5 Å². The van der Waals surface area contributed by atoms with Crippen LogP contribution in [0.2, 0.25) is 5.02 Å². The lowest BCUT2D eigenvalue weighted by molar-refractivity contribution is 0.0368. The molecule has 1 atom stereocenters. The lowest BCUT2D eigenvalue weighted by atomic mass is 10.1. The van der Waals surface area contributed by atoms with E-state index in [4.69, 9.17) is 31.5 Å². The van der Waals surface area contributed by atoms with E-state index in [2.05, 4.69) is 9.88 Å². The summed E-state index contributed by atoms with van der Waals surface area (Å²) in [5.41, 5.74) is 8.14. The topological polar surface area (TPSA) is 91.3 Å². The summed E-state index contributed by atoms with van der Waals surface area (Å²) in [5.74, 6) is 0.642. The number of hydrogen-bond acceptors (Lipinski definition) is 7. The number of thiophene rings is 1. The molecule has 38 heavy (non-hydrogen) atoms. The summed E-state index contributed by atoms with van der Waals surface area (Å²) in [5, 5.41) is 0.603. The second kappa shape index (κ2) is 12.2. The monoisotopic (exact) mass is 554 g/mol. The number of unbranched alkanes of at least 4 members (excludes halogenated alkanes) is 1. The number of carbonyl (C=O) groups is 1. The van der Waals surface area contributed by atoms with Crippen molar-refractivity contribution in [3.05, 3.63) is 70.3 Å². The van der Waals surface area contributed by atoms with E-state index in [-0.39, 0.29) is 6.10 Å². The average molecular weight is 555 g/mol. The molecule has 1 amide bonds. The van der Waals surface area contributed by atoms with Crippen LogP contribution in [0, 0.1) is 0 Å². The fourth-order valence-electron chi connectivity index (χ4n) is 4.50. The first-order valence-corrected chi connectivity index (χ1v) is 13.9. The van der Waals surface area contributed by atoms with Crippen LogP contribution < -0.4 is 15.2 Å². The van der Waals surface area contributed by atoms with Gasteiger partial charge in [-0.1, -0.05) is 29.8 Å². The Morgan fingerprint density at radius 1 is 1.21 bits per heavy atom. The van der Waals surface area contributed by atoms with Gasteiger partial charge in [0.1, 0.15) is 28.1 Å². The maximum atomic E-state index is 12.3. The Balaban J connectivity index is 1.29. The highest BCUT2D eigenvalue weighted by Gasteiger charge is 2.21. The number of aromatic nitrogens is 2. The van der Waals surface area contributed by atoms with E-state index < -0.39 is 5.91 Å². The molecule has 0 aliphatic carbocycles. The number of pyridine rings is 1. The standard InChI is InChI=1S/C28H31ClN4O4S/c1-19(21-6-2-3-7-22(21)29)37-24-16-25(38-27(24)28(30)34)23-17-31-26-9-8-20(18-33(23)26)36-13-5-4-10-32-11-14-35-15-12-32/h2-3,6-9,16-19H,4-5,10-15H2,1H3,(H2,30,34). The molecule has 1 aliphatic rings. The zero-order chi connectivity index (χ0) is 26.5. The van der Waals surface area contributed by atoms with Gasteiger partial charge in [-0.2, -0.15) is 0 Å². The molecule has 1 saturated heterocycles. The predicted molar refractivity (Wildman–Crippen MR) is 150 cm³/mol. The quantitative estimate of drug-likeness (QED) is 0.248. The van der Waals surface area contributed by atoms with E-state index in [1.54, 1.807) is 6.20 Å². The van der Waals surface area contributed by atoms with E-state index in [0.717, 1.165) is 73.2 Å². The smallest absolute Gasteiger partial charge is 0.262 e. The van der Waals surface area contributed by atoms with Gasteiger partial charge < -0.3 is 19.9 Å². The maximum absolute atomic E-state index is 12.3. The van der Waals surface area contributed by atoms with Crippen LogP contribution in [0.25, 0.3) is 16.2 Å². The number of halogens is 1. The highest BCUT2D eigenvalue weighted by atomic mass is 35.5. The van der Waals surface area contributed by atoms with Gasteiger partial charge in [0.15, 0.2) is 0 Å². The number of imidazole rings is 1. The first kappa shape index (κ1) is 26.5. The van der Waals surface area contributed by atoms with Crippen LogP contribution in [0.15, 0.2) is 54.9 Å². The van der Waals surface area contributed by atoms with E-state index in [0.29, 0.717) is 22.3 Å². The molecule has 4 heterocycles. The van der Waals surface area contributed by atoms with Crippen LogP contribution in [0.1, 0.15) is 41.1 Å². The van der Waals surface area contributed by atoms with Crippen molar-refractivity contribution in [2.45, 2.75) is 25.9 Å². The summed E-state index contributed by atoms with van der Waals surface area (Å²) >= 11 is 7.62. The van der Waals surface area contributed by atoms with Crippen molar-refractivity contribution in [1.29, 1.82) is 0 Å². The fourth-order valence-corrected chi connectivity index (χ4v) is 5.74. The lowest BCUT2D eigenvalue weighted by Crippen LogP contribution is -2.36. The van der Waals surface area contributed by atoms with Crippen molar-refractivity contribution in [3.8, 4) is 22.1 Å². The summed E-state index contributed by atoms with van der Waals surface area (Å²) in [7, 11) is 0. The van der Waals surface area contributed by atoms with Gasteiger partial charge in [0, 0.05) is 29.7 Å². The van der Waals surface area contributed by atoms with Crippen LogP contribution >= 0.6 is 22.9 Å². The molecule has 0 radical (unpaired) electrons. The first-order valence-electron chi connectivity index (χ1n) is 12.7. The van der Waals surface area contributed by atoms with E-state index in [1.807, 2.05) is 60.0 Å². The van der Waals surface area contributed by atoms with Gasteiger partial charge in [-0.15, -0.1) is 11.3 Å². The molecule has 10 heteroatoms. The van der Waals surface area contributed by atoms with Crippen LogP contribution in [-0.4, -0.2) is 59.6 Å². The number of benzene rings is 1. The number of hydrogen-bond donors (Lipinski definition) is 1. The largest absolute Gasteiger partial charge is 0.492 e. The van der Waals surface area contributed by atoms with E-state index in [9.17, 15) is 4.79 Å². The van der Waals surface area contributed by atoms with Crippen molar-refractivity contribution < 1.29 is 19.0 Å². The molecule has 200 valence electrons. The third-order valence-corrected chi connectivity index (χ3v) is 8.04. The van der Waals surface area contributed by atoms with E-state index >= 15 is 0 Å². The first-order chi connectivity index (χ1) is 18.5. The Kier molecular flexibility index (Phi) is 8.48. The number of nitrogens with two attached hydrogens (primary N) is 1. The van der Waals surface area contributed by atoms with Gasteiger partial charge in [0.05, 0.1) is 42.8 Å². The van der Waals surface area contributed by atoms with Gasteiger partial charge >= 0.3 is 0 Å². The second-order valence-corrected chi connectivity index (χ2v) is 10.7. The third kappa shape index (κ3) is 6.13. The number of amides is 1. The Morgan fingerprint density at radius 2 is 2.03 bits per heavy atom.